The molecule has 0 aliphatic carbocycles. The minimum Gasteiger partial charge on any atom is -0.351 e. The summed E-state index contributed by atoms with van der Waals surface area (Å²) in [6, 6.07) is 13.5. The molecular formula is C21H23N3O2. The molecule has 134 valence electrons. The van der Waals surface area contributed by atoms with Crippen molar-refractivity contribution in [2.45, 2.75) is 26.7 Å². The van der Waals surface area contributed by atoms with Gasteiger partial charge in [-0.2, -0.15) is 5.10 Å². The lowest BCUT2D eigenvalue weighted by Crippen LogP contribution is -2.30. The van der Waals surface area contributed by atoms with Gasteiger partial charge in [0.25, 0.3) is 11.5 Å². The van der Waals surface area contributed by atoms with E-state index in [4.69, 9.17) is 0 Å². The van der Waals surface area contributed by atoms with Crippen LogP contribution in [0, 0.1) is 13.8 Å². The van der Waals surface area contributed by atoms with Crippen LogP contribution in [0.4, 0.5) is 0 Å². The van der Waals surface area contributed by atoms with Crippen molar-refractivity contribution < 1.29 is 4.79 Å². The predicted octanol–water partition coefficient (Wildman–Crippen LogP) is 2.91. The zero-order chi connectivity index (χ0) is 18.7. The number of aromatic nitrogens is 2. The van der Waals surface area contributed by atoms with Crippen LogP contribution in [0.1, 0.15) is 33.6 Å². The average molecular weight is 349 g/mol. The number of hydrogen-bond donors (Lipinski definition) is 1. The lowest BCUT2D eigenvalue weighted by atomic mass is 10.0. The van der Waals surface area contributed by atoms with Gasteiger partial charge in [-0.25, -0.2) is 4.68 Å². The molecule has 0 aliphatic heterocycles. The highest BCUT2D eigenvalue weighted by atomic mass is 16.2. The zero-order valence-corrected chi connectivity index (χ0v) is 15.4. The van der Waals surface area contributed by atoms with Crippen molar-refractivity contribution in [3.05, 3.63) is 75.2 Å². The van der Waals surface area contributed by atoms with Crippen LogP contribution in [-0.2, 0) is 13.5 Å². The molecule has 1 N–H and O–H groups in total. The van der Waals surface area contributed by atoms with Crippen LogP contribution >= 0.6 is 0 Å². The molecule has 0 unspecified atom stereocenters. The van der Waals surface area contributed by atoms with Gasteiger partial charge >= 0.3 is 0 Å². The maximum absolute atomic E-state index is 12.6. The van der Waals surface area contributed by atoms with Crippen molar-refractivity contribution in [1.29, 1.82) is 0 Å². The Balaban J connectivity index is 1.68. The molecule has 0 bridgehead atoms. The van der Waals surface area contributed by atoms with Gasteiger partial charge in [-0.05, 0) is 43.9 Å². The van der Waals surface area contributed by atoms with Gasteiger partial charge in [0.2, 0.25) is 0 Å². The number of hydrogen-bond acceptors (Lipinski definition) is 3. The highest BCUT2D eigenvalue weighted by Crippen LogP contribution is 2.14. The monoisotopic (exact) mass is 349 g/mol. The molecule has 5 nitrogen and oxygen atoms in total. The van der Waals surface area contributed by atoms with E-state index >= 15 is 0 Å². The standard InChI is InChI=1S/C21H23N3O2/c1-14-10-11-16(15(2)13-14)7-6-12-22-20(25)19-17-8-4-5-9-18(17)21(26)24(3)23-19/h4-5,8-11,13H,6-7,12H2,1-3H3,(H,22,25). The van der Waals surface area contributed by atoms with Crippen molar-refractivity contribution >= 4 is 16.7 Å². The minimum atomic E-state index is -0.252. The van der Waals surface area contributed by atoms with Gasteiger partial charge in [0.1, 0.15) is 0 Å². The summed E-state index contributed by atoms with van der Waals surface area (Å²) >= 11 is 0. The first-order valence-electron chi connectivity index (χ1n) is 8.78. The number of carbonyl (C=O) groups is 1. The summed E-state index contributed by atoms with van der Waals surface area (Å²) in [4.78, 5) is 24.7. The number of aryl methyl sites for hydroxylation is 4. The zero-order valence-electron chi connectivity index (χ0n) is 15.4. The van der Waals surface area contributed by atoms with E-state index in [0.29, 0.717) is 17.3 Å². The van der Waals surface area contributed by atoms with E-state index in [1.807, 2.05) is 0 Å². The SMILES string of the molecule is Cc1ccc(CCCNC(=O)c2nn(C)c(=O)c3ccccc23)c(C)c1. The highest BCUT2D eigenvalue weighted by molar-refractivity contribution is 6.04. The number of benzene rings is 2. The second-order valence-electron chi connectivity index (χ2n) is 6.61. The highest BCUT2D eigenvalue weighted by Gasteiger charge is 2.15. The maximum Gasteiger partial charge on any atom is 0.274 e. The predicted molar refractivity (Wildman–Crippen MR) is 104 cm³/mol. The van der Waals surface area contributed by atoms with Crippen molar-refractivity contribution in [2.75, 3.05) is 6.54 Å². The molecule has 1 aromatic heterocycles. The molecule has 0 fully saturated rings. The molecule has 0 saturated heterocycles. The Bertz CT molecular complexity index is 1020. The van der Waals surface area contributed by atoms with E-state index < -0.39 is 0 Å². The molecule has 26 heavy (non-hydrogen) atoms. The van der Waals surface area contributed by atoms with Crippen LogP contribution in [-0.4, -0.2) is 22.2 Å². The second-order valence-corrected chi connectivity index (χ2v) is 6.61. The van der Waals surface area contributed by atoms with Crippen LogP contribution in [0.25, 0.3) is 10.8 Å². The third-order valence-corrected chi connectivity index (χ3v) is 4.58. The number of nitrogens with one attached hydrogen (secondary N) is 1. The number of fused-ring (bicyclic) bond motifs is 1. The third kappa shape index (κ3) is 3.67. The van der Waals surface area contributed by atoms with Crippen molar-refractivity contribution in [2.24, 2.45) is 7.05 Å². The molecule has 0 spiro atoms. The van der Waals surface area contributed by atoms with E-state index in [9.17, 15) is 9.59 Å². The van der Waals surface area contributed by atoms with E-state index in [2.05, 4.69) is 42.5 Å². The Hall–Kier alpha value is -2.95. The van der Waals surface area contributed by atoms with Gasteiger partial charge < -0.3 is 5.32 Å². The van der Waals surface area contributed by atoms with Crippen LogP contribution in [0.15, 0.2) is 47.3 Å². The van der Waals surface area contributed by atoms with Crippen LogP contribution in [0.2, 0.25) is 0 Å². The molecule has 0 aliphatic rings. The number of nitrogens with zero attached hydrogens (tertiary/aromatic N) is 2. The number of rotatable bonds is 5. The van der Waals surface area contributed by atoms with Gasteiger partial charge in [-0.1, -0.05) is 42.0 Å². The summed E-state index contributed by atoms with van der Waals surface area (Å²) in [6.45, 7) is 4.76. The molecule has 0 saturated carbocycles. The van der Waals surface area contributed by atoms with E-state index in [0.717, 1.165) is 12.8 Å². The Kier molecular flexibility index (Phi) is 5.16. The summed E-state index contributed by atoms with van der Waals surface area (Å²) in [5, 5.41) is 8.17. The fourth-order valence-electron chi connectivity index (χ4n) is 3.16. The normalized spacial score (nSPS) is 10.9. The van der Waals surface area contributed by atoms with Gasteiger partial charge in [0, 0.05) is 19.0 Å². The van der Waals surface area contributed by atoms with E-state index in [1.165, 1.54) is 21.4 Å². The lowest BCUT2D eigenvalue weighted by molar-refractivity contribution is 0.0948. The molecule has 1 amide bonds. The van der Waals surface area contributed by atoms with Gasteiger partial charge in [-0.15, -0.1) is 0 Å². The number of amides is 1. The topological polar surface area (TPSA) is 64.0 Å². The van der Waals surface area contributed by atoms with Crippen LogP contribution in [0.3, 0.4) is 0 Å². The van der Waals surface area contributed by atoms with Crippen LogP contribution < -0.4 is 10.9 Å². The molecule has 3 rings (SSSR count). The summed E-state index contributed by atoms with van der Waals surface area (Å²) in [6.07, 6.45) is 1.76. The fourth-order valence-corrected chi connectivity index (χ4v) is 3.16. The van der Waals surface area contributed by atoms with Gasteiger partial charge in [0.15, 0.2) is 5.69 Å². The van der Waals surface area contributed by atoms with Crippen molar-refractivity contribution in [3.63, 3.8) is 0 Å². The summed E-state index contributed by atoms with van der Waals surface area (Å²) < 4.78 is 1.22. The number of carbonyl (C=O) groups excluding carboxylic acids is 1. The first kappa shape index (κ1) is 17.9. The molecular weight excluding hydrogens is 326 g/mol. The first-order valence-corrected chi connectivity index (χ1v) is 8.78. The van der Waals surface area contributed by atoms with Crippen molar-refractivity contribution in [3.8, 4) is 0 Å². The van der Waals surface area contributed by atoms with Crippen LogP contribution in [0.5, 0.6) is 0 Å². The summed E-state index contributed by atoms with van der Waals surface area (Å²) in [7, 11) is 1.56. The van der Waals surface area contributed by atoms with Crippen molar-refractivity contribution in [1.82, 2.24) is 15.1 Å². The largest absolute Gasteiger partial charge is 0.351 e. The Labute approximate surface area is 152 Å². The quantitative estimate of drug-likeness (QED) is 0.721. The first-order chi connectivity index (χ1) is 12.5. The molecule has 1 heterocycles. The van der Waals surface area contributed by atoms with E-state index in [-0.39, 0.29) is 17.2 Å². The Morgan fingerprint density at radius 2 is 1.85 bits per heavy atom. The second kappa shape index (κ2) is 7.52. The third-order valence-electron chi connectivity index (χ3n) is 4.58. The van der Waals surface area contributed by atoms with E-state index in [1.54, 1.807) is 31.3 Å². The molecule has 3 aromatic rings. The maximum atomic E-state index is 12.6. The summed E-state index contributed by atoms with van der Waals surface area (Å²) in [5.41, 5.74) is 3.92. The average Bonchev–Trinajstić information content (AvgIpc) is 2.63. The Morgan fingerprint density at radius 3 is 2.58 bits per heavy atom. The van der Waals surface area contributed by atoms with Gasteiger partial charge in [-0.3, -0.25) is 9.59 Å². The lowest BCUT2D eigenvalue weighted by Gasteiger charge is -2.10. The smallest absolute Gasteiger partial charge is 0.274 e. The minimum absolute atomic E-state index is 0.202. The molecule has 5 heteroatoms. The Morgan fingerprint density at radius 1 is 1.12 bits per heavy atom. The summed E-state index contributed by atoms with van der Waals surface area (Å²) in [5.74, 6) is -0.252. The molecule has 0 atom stereocenters. The molecule has 0 radical (unpaired) electrons. The fraction of sp³-hybridized carbons (Fsp3) is 0.286. The molecule has 2 aromatic carbocycles. The van der Waals surface area contributed by atoms with Gasteiger partial charge in [0.05, 0.1) is 5.39 Å².